The van der Waals surface area contributed by atoms with Crippen LogP contribution in [0.2, 0.25) is 0 Å². The minimum Gasteiger partial charge on any atom is -0.507 e. The predicted molar refractivity (Wildman–Crippen MR) is 120 cm³/mol. The standard InChI is InChI=1S/C25H29FN2O4/c1-4-15-32-20-8-5-7-18(16-20)22-21(23(29)17-9-11-19(26)12-10-17)24(30)25(31)28(22)14-6-13-27(2)3/h5,7-12,16,22,29H,4,6,13-15H2,1-3H3/p+1. The van der Waals surface area contributed by atoms with E-state index in [9.17, 15) is 19.1 Å². The summed E-state index contributed by atoms with van der Waals surface area (Å²) in [4.78, 5) is 28.7. The minimum absolute atomic E-state index is 0.00597. The zero-order valence-corrected chi connectivity index (χ0v) is 18.7. The molecule has 0 bridgehead atoms. The highest BCUT2D eigenvalue weighted by atomic mass is 19.1. The topological polar surface area (TPSA) is 71.3 Å². The molecular weight excluding hydrogens is 411 g/mol. The predicted octanol–water partition coefficient (Wildman–Crippen LogP) is 2.57. The lowest BCUT2D eigenvalue weighted by molar-refractivity contribution is -0.858. The summed E-state index contributed by atoms with van der Waals surface area (Å²) >= 11 is 0. The van der Waals surface area contributed by atoms with Crippen LogP contribution in [0.1, 0.15) is 36.9 Å². The monoisotopic (exact) mass is 441 g/mol. The fraction of sp³-hybridized carbons (Fsp3) is 0.360. The van der Waals surface area contributed by atoms with Crippen molar-refractivity contribution in [1.82, 2.24) is 4.90 Å². The molecule has 1 heterocycles. The lowest BCUT2D eigenvalue weighted by atomic mass is 9.95. The molecule has 1 atom stereocenters. The summed E-state index contributed by atoms with van der Waals surface area (Å²) in [6.07, 6.45) is 1.55. The molecule has 0 aliphatic carbocycles. The number of halogens is 1. The van der Waals surface area contributed by atoms with Crippen molar-refractivity contribution in [3.05, 3.63) is 71.0 Å². The lowest BCUT2D eigenvalue weighted by Crippen LogP contribution is -3.05. The van der Waals surface area contributed by atoms with Crippen LogP contribution in [0.3, 0.4) is 0 Å². The van der Waals surface area contributed by atoms with E-state index < -0.39 is 23.5 Å². The van der Waals surface area contributed by atoms with Crippen LogP contribution in [-0.4, -0.2) is 55.5 Å². The van der Waals surface area contributed by atoms with Gasteiger partial charge in [0.15, 0.2) is 0 Å². The van der Waals surface area contributed by atoms with Gasteiger partial charge in [0.1, 0.15) is 17.3 Å². The Morgan fingerprint density at radius 2 is 1.88 bits per heavy atom. The molecule has 32 heavy (non-hydrogen) atoms. The van der Waals surface area contributed by atoms with Gasteiger partial charge in [-0.25, -0.2) is 4.39 Å². The van der Waals surface area contributed by atoms with Gasteiger partial charge in [-0.2, -0.15) is 0 Å². The number of amides is 1. The fourth-order valence-electron chi connectivity index (χ4n) is 3.82. The zero-order chi connectivity index (χ0) is 23.3. The summed E-state index contributed by atoms with van der Waals surface area (Å²) in [6.45, 7) is 3.76. The molecule has 1 saturated heterocycles. The Bertz CT molecular complexity index is 1000. The third-order valence-corrected chi connectivity index (χ3v) is 5.38. The molecule has 6 nitrogen and oxygen atoms in total. The molecule has 1 aliphatic heterocycles. The highest BCUT2D eigenvalue weighted by molar-refractivity contribution is 6.46. The first kappa shape index (κ1) is 23.5. The maximum atomic E-state index is 13.4. The first-order valence-electron chi connectivity index (χ1n) is 10.9. The summed E-state index contributed by atoms with van der Waals surface area (Å²) < 4.78 is 19.1. The Hall–Kier alpha value is -3.19. The largest absolute Gasteiger partial charge is 0.507 e. The van der Waals surface area contributed by atoms with E-state index in [0.717, 1.165) is 13.0 Å². The normalized spacial score (nSPS) is 17.9. The van der Waals surface area contributed by atoms with Crippen molar-refractivity contribution >= 4 is 17.4 Å². The van der Waals surface area contributed by atoms with Crippen LogP contribution in [0.15, 0.2) is 54.1 Å². The van der Waals surface area contributed by atoms with Crippen molar-refractivity contribution in [1.29, 1.82) is 0 Å². The Balaban J connectivity index is 2.07. The number of benzene rings is 2. The van der Waals surface area contributed by atoms with Crippen molar-refractivity contribution in [2.75, 3.05) is 33.8 Å². The number of nitrogens with one attached hydrogen (secondary N) is 1. The quantitative estimate of drug-likeness (QED) is 0.357. The molecular formula is C25H30FN2O4+. The molecule has 170 valence electrons. The van der Waals surface area contributed by atoms with Crippen LogP contribution in [-0.2, 0) is 9.59 Å². The number of aliphatic hydroxyl groups is 1. The first-order valence-corrected chi connectivity index (χ1v) is 10.9. The molecule has 1 unspecified atom stereocenters. The van der Waals surface area contributed by atoms with Crippen LogP contribution in [0.4, 0.5) is 4.39 Å². The van der Waals surface area contributed by atoms with Crippen molar-refractivity contribution in [3.63, 3.8) is 0 Å². The number of hydrogen-bond donors (Lipinski definition) is 2. The van der Waals surface area contributed by atoms with Gasteiger partial charge in [0.2, 0.25) is 0 Å². The van der Waals surface area contributed by atoms with Gasteiger partial charge in [-0.1, -0.05) is 19.1 Å². The van der Waals surface area contributed by atoms with Crippen LogP contribution in [0, 0.1) is 5.82 Å². The zero-order valence-electron chi connectivity index (χ0n) is 18.7. The molecule has 1 amide bonds. The van der Waals surface area contributed by atoms with E-state index in [1.807, 2.05) is 39.2 Å². The van der Waals surface area contributed by atoms with E-state index in [4.69, 9.17) is 4.74 Å². The number of Topliss-reactive ketones (excluding diaryl/α,β-unsaturated/α-hetero) is 1. The summed E-state index contributed by atoms with van der Waals surface area (Å²) in [5.41, 5.74) is 0.968. The van der Waals surface area contributed by atoms with Crippen LogP contribution >= 0.6 is 0 Å². The van der Waals surface area contributed by atoms with Crippen molar-refractivity contribution in [2.24, 2.45) is 0 Å². The number of rotatable bonds is 9. The average molecular weight is 442 g/mol. The molecule has 2 aromatic rings. The van der Waals surface area contributed by atoms with Crippen LogP contribution < -0.4 is 9.64 Å². The number of quaternary nitrogens is 1. The Morgan fingerprint density at radius 1 is 1.16 bits per heavy atom. The molecule has 7 heteroatoms. The smallest absolute Gasteiger partial charge is 0.295 e. The Labute approximate surface area is 187 Å². The number of likely N-dealkylation sites (tertiary alicyclic amines) is 1. The highest BCUT2D eigenvalue weighted by Crippen LogP contribution is 2.40. The van der Waals surface area contributed by atoms with Crippen molar-refractivity contribution in [3.8, 4) is 5.75 Å². The van der Waals surface area contributed by atoms with E-state index >= 15 is 0 Å². The molecule has 1 fully saturated rings. The van der Waals surface area contributed by atoms with Crippen LogP contribution in [0.5, 0.6) is 5.75 Å². The molecule has 1 aliphatic rings. The molecule has 0 saturated carbocycles. The SMILES string of the molecule is CCCOc1cccc(C2C(=C(O)c3ccc(F)cc3)C(=O)C(=O)N2CCC[NH+](C)C)c1. The second kappa shape index (κ2) is 10.4. The van der Waals surface area contributed by atoms with E-state index in [-0.39, 0.29) is 16.9 Å². The summed E-state index contributed by atoms with van der Waals surface area (Å²) in [6, 6.07) is 11.7. The van der Waals surface area contributed by atoms with Gasteiger partial charge in [-0.3, -0.25) is 9.59 Å². The maximum Gasteiger partial charge on any atom is 0.295 e. The van der Waals surface area contributed by atoms with Crippen molar-refractivity contribution in [2.45, 2.75) is 25.8 Å². The van der Waals surface area contributed by atoms with Gasteiger partial charge in [0, 0.05) is 18.5 Å². The second-order valence-electron chi connectivity index (χ2n) is 8.23. The number of carbonyl (C=O) groups excluding carboxylic acids is 2. The van der Waals surface area contributed by atoms with Gasteiger partial charge >= 0.3 is 0 Å². The van der Waals surface area contributed by atoms with Crippen molar-refractivity contribution < 1.29 is 28.7 Å². The first-order chi connectivity index (χ1) is 15.3. The number of hydrogen-bond acceptors (Lipinski definition) is 4. The summed E-state index contributed by atoms with van der Waals surface area (Å²) in [5, 5.41) is 11.0. The maximum absolute atomic E-state index is 13.4. The third-order valence-electron chi connectivity index (χ3n) is 5.38. The molecule has 0 spiro atoms. The van der Waals surface area contributed by atoms with E-state index in [1.54, 1.807) is 6.07 Å². The summed E-state index contributed by atoms with van der Waals surface area (Å²) in [7, 11) is 4.04. The van der Waals surface area contributed by atoms with E-state index in [0.29, 0.717) is 30.9 Å². The number of carbonyl (C=O) groups is 2. The number of ketones is 1. The third kappa shape index (κ3) is 5.16. The molecule has 3 rings (SSSR count). The lowest BCUT2D eigenvalue weighted by Gasteiger charge is -2.26. The second-order valence-corrected chi connectivity index (χ2v) is 8.23. The van der Waals surface area contributed by atoms with Crippen LogP contribution in [0.25, 0.3) is 5.76 Å². The van der Waals surface area contributed by atoms with Gasteiger partial charge in [0.25, 0.3) is 11.7 Å². The molecule has 2 N–H and O–H groups in total. The highest BCUT2D eigenvalue weighted by Gasteiger charge is 2.46. The van der Waals surface area contributed by atoms with Gasteiger partial charge in [0.05, 0.1) is 38.9 Å². The van der Waals surface area contributed by atoms with E-state index in [1.165, 1.54) is 34.1 Å². The minimum atomic E-state index is -0.748. The van der Waals surface area contributed by atoms with E-state index in [2.05, 4.69) is 0 Å². The van der Waals surface area contributed by atoms with Gasteiger partial charge in [-0.05, 0) is 48.4 Å². The molecule has 0 radical (unpaired) electrons. The molecule has 0 aromatic heterocycles. The average Bonchev–Trinajstić information content (AvgIpc) is 3.02. The van der Waals surface area contributed by atoms with Gasteiger partial charge < -0.3 is 19.6 Å². The fourth-order valence-corrected chi connectivity index (χ4v) is 3.82. The Morgan fingerprint density at radius 3 is 2.53 bits per heavy atom. The number of nitrogens with zero attached hydrogens (tertiary/aromatic N) is 1. The number of aliphatic hydroxyl groups excluding tert-OH is 1. The Kier molecular flexibility index (Phi) is 7.64. The molecule has 2 aromatic carbocycles. The number of ether oxygens (including phenoxy) is 1. The summed E-state index contributed by atoms with van der Waals surface area (Å²) in [5.74, 6) is -1.52. The van der Waals surface area contributed by atoms with Gasteiger partial charge in [-0.15, -0.1) is 0 Å².